The molecule has 0 spiro atoms. The first-order chi connectivity index (χ1) is 14.9. The molecule has 1 saturated heterocycles. The molecule has 1 heterocycles. The highest BCUT2D eigenvalue weighted by Gasteiger charge is 2.52. The normalized spacial score (nSPS) is 17.2. The number of benzene rings is 4. The maximum absolute atomic E-state index is 6.40. The average molecular weight is 406 g/mol. The molecule has 4 aromatic rings. The summed E-state index contributed by atoms with van der Waals surface area (Å²) in [5.74, 6) is 0. The number of fused-ring (bicyclic) bond motifs is 1. The molecule has 0 radical (unpaired) electrons. The molecule has 1 aliphatic rings. The van der Waals surface area contributed by atoms with Gasteiger partial charge in [0.25, 0.3) is 0 Å². The predicted molar refractivity (Wildman–Crippen MR) is 131 cm³/mol. The van der Waals surface area contributed by atoms with Crippen LogP contribution in [-0.4, -0.2) is 18.3 Å². The standard InChI is InChI=1S/C28H27BO2/c1-27(2)28(3,4)31-29(30-27)26-17-11-10-16-25(26)24-19-18-21(20-12-6-5-7-13-20)22-14-8-9-15-23(22)24/h5-19H,1-4H3. The van der Waals surface area contributed by atoms with Crippen molar-refractivity contribution in [1.82, 2.24) is 0 Å². The SMILES string of the molecule is CC1(C)OB(c2ccccc2-c2ccc(-c3ccccc3)c3ccccc23)OC1(C)C. The Hall–Kier alpha value is -2.88. The van der Waals surface area contributed by atoms with Gasteiger partial charge in [-0.05, 0) is 66.2 Å². The number of rotatable bonds is 3. The summed E-state index contributed by atoms with van der Waals surface area (Å²) in [5.41, 5.74) is 5.14. The highest BCUT2D eigenvalue weighted by atomic mass is 16.7. The molecule has 0 N–H and O–H groups in total. The number of hydrogen-bond donors (Lipinski definition) is 0. The van der Waals surface area contributed by atoms with E-state index in [9.17, 15) is 0 Å². The maximum atomic E-state index is 6.40. The monoisotopic (exact) mass is 406 g/mol. The molecular formula is C28H27BO2. The van der Waals surface area contributed by atoms with Crippen molar-refractivity contribution in [2.75, 3.05) is 0 Å². The van der Waals surface area contributed by atoms with Gasteiger partial charge in [0.2, 0.25) is 0 Å². The lowest BCUT2D eigenvalue weighted by atomic mass is 9.73. The van der Waals surface area contributed by atoms with Crippen LogP contribution in [0.15, 0.2) is 91.0 Å². The largest absolute Gasteiger partial charge is 0.495 e. The summed E-state index contributed by atoms with van der Waals surface area (Å²) < 4.78 is 12.8. The first kappa shape index (κ1) is 20.1. The molecule has 4 aromatic carbocycles. The van der Waals surface area contributed by atoms with E-state index in [4.69, 9.17) is 9.31 Å². The van der Waals surface area contributed by atoms with Gasteiger partial charge in [0, 0.05) is 0 Å². The molecule has 1 fully saturated rings. The first-order valence-electron chi connectivity index (χ1n) is 10.9. The van der Waals surface area contributed by atoms with Gasteiger partial charge in [-0.2, -0.15) is 0 Å². The minimum absolute atomic E-state index is 0.371. The van der Waals surface area contributed by atoms with E-state index in [-0.39, 0.29) is 11.2 Å². The molecule has 0 atom stereocenters. The molecule has 0 unspecified atom stereocenters. The van der Waals surface area contributed by atoms with E-state index >= 15 is 0 Å². The molecule has 154 valence electrons. The third-order valence-corrected chi connectivity index (χ3v) is 6.77. The second-order valence-corrected chi connectivity index (χ2v) is 9.25. The molecular weight excluding hydrogens is 379 g/mol. The van der Waals surface area contributed by atoms with E-state index in [2.05, 4.69) is 119 Å². The zero-order chi connectivity index (χ0) is 21.6. The molecule has 3 heteroatoms. The topological polar surface area (TPSA) is 18.5 Å². The molecule has 0 aromatic heterocycles. The van der Waals surface area contributed by atoms with E-state index in [1.807, 2.05) is 0 Å². The lowest BCUT2D eigenvalue weighted by Gasteiger charge is -2.32. The fraction of sp³-hybridized carbons (Fsp3) is 0.214. The van der Waals surface area contributed by atoms with Gasteiger partial charge in [-0.1, -0.05) is 91.0 Å². The Bertz CT molecular complexity index is 1230. The molecule has 0 bridgehead atoms. The lowest BCUT2D eigenvalue weighted by Crippen LogP contribution is -2.41. The van der Waals surface area contributed by atoms with Crippen molar-refractivity contribution in [3.8, 4) is 22.3 Å². The first-order valence-corrected chi connectivity index (χ1v) is 10.9. The second-order valence-electron chi connectivity index (χ2n) is 9.25. The van der Waals surface area contributed by atoms with Gasteiger partial charge >= 0.3 is 7.12 Å². The second kappa shape index (κ2) is 7.37. The highest BCUT2D eigenvalue weighted by Crippen LogP contribution is 2.39. The summed E-state index contributed by atoms with van der Waals surface area (Å²) in [6, 6.07) is 32.1. The van der Waals surface area contributed by atoms with Crippen LogP contribution in [0.1, 0.15) is 27.7 Å². The summed E-state index contributed by atoms with van der Waals surface area (Å²) in [6.45, 7) is 8.39. The summed E-state index contributed by atoms with van der Waals surface area (Å²) >= 11 is 0. The summed E-state index contributed by atoms with van der Waals surface area (Å²) in [4.78, 5) is 0. The van der Waals surface area contributed by atoms with Crippen molar-refractivity contribution in [3.63, 3.8) is 0 Å². The predicted octanol–water partition coefficient (Wildman–Crippen LogP) is 6.47. The van der Waals surface area contributed by atoms with Crippen LogP contribution in [0.25, 0.3) is 33.0 Å². The van der Waals surface area contributed by atoms with Crippen LogP contribution >= 0.6 is 0 Å². The minimum atomic E-state index is -0.395. The third kappa shape index (κ3) is 3.38. The van der Waals surface area contributed by atoms with Gasteiger partial charge in [0.15, 0.2) is 0 Å². The van der Waals surface area contributed by atoms with Crippen molar-refractivity contribution in [2.24, 2.45) is 0 Å². The Morgan fingerprint density at radius 2 is 1.03 bits per heavy atom. The van der Waals surface area contributed by atoms with Crippen molar-refractivity contribution < 1.29 is 9.31 Å². The van der Waals surface area contributed by atoms with Crippen LogP contribution in [0.4, 0.5) is 0 Å². The lowest BCUT2D eigenvalue weighted by molar-refractivity contribution is 0.00578. The molecule has 31 heavy (non-hydrogen) atoms. The van der Waals surface area contributed by atoms with Crippen LogP contribution in [0, 0.1) is 0 Å². The van der Waals surface area contributed by atoms with Crippen molar-refractivity contribution in [3.05, 3.63) is 91.0 Å². The van der Waals surface area contributed by atoms with E-state index in [1.165, 1.54) is 27.5 Å². The van der Waals surface area contributed by atoms with E-state index in [1.54, 1.807) is 0 Å². The Morgan fingerprint density at radius 1 is 0.516 bits per heavy atom. The van der Waals surface area contributed by atoms with Crippen molar-refractivity contribution in [1.29, 1.82) is 0 Å². The highest BCUT2D eigenvalue weighted by molar-refractivity contribution is 6.64. The van der Waals surface area contributed by atoms with Gasteiger partial charge in [-0.15, -0.1) is 0 Å². The molecule has 1 aliphatic heterocycles. The Balaban J connectivity index is 1.67. The van der Waals surface area contributed by atoms with Crippen LogP contribution in [-0.2, 0) is 9.31 Å². The molecule has 0 amide bonds. The van der Waals surface area contributed by atoms with Crippen molar-refractivity contribution in [2.45, 2.75) is 38.9 Å². The fourth-order valence-electron chi connectivity index (χ4n) is 4.32. The summed E-state index contributed by atoms with van der Waals surface area (Å²) in [6.07, 6.45) is 0. The van der Waals surface area contributed by atoms with Gasteiger partial charge in [-0.25, -0.2) is 0 Å². The minimum Gasteiger partial charge on any atom is -0.399 e. The van der Waals surface area contributed by atoms with E-state index in [0.717, 1.165) is 11.0 Å². The molecule has 0 aliphatic carbocycles. The Kier molecular flexibility index (Phi) is 4.77. The zero-order valence-corrected chi connectivity index (χ0v) is 18.6. The van der Waals surface area contributed by atoms with Crippen molar-refractivity contribution >= 4 is 23.4 Å². The average Bonchev–Trinajstić information content (AvgIpc) is 3.00. The van der Waals surface area contributed by atoms with Crippen LogP contribution in [0.3, 0.4) is 0 Å². The number of hydrogen-bond acceptors (Lipinski definition) is 2. The van der Waals surface area contributed by atoms with Crippen LogP contribution < -0.4 is 5.46 Å². The zero-order valence-electron chi connectivity index (χ0n) is 18.6. The van der Waals surface area contributed by atoms with Gasteiger partial charge in [0.05, 0.1) is 11.2 Å². The smallest absolute Gasteiger partial charge is 0.399 e. The van der Waals surface area contributed by atoms with Gasteiger partial charge in [-0.3, -0.25) is 0 Å². The molecule has 0 saturated carbocycles. The van der Waals surface area contributed by atoms with Crippen LogP contribution in [0.5, 0.6) is 0 Å². The molecule has 2 nitrogen and oxygen atoms in total. The molecule has 5 rings (SSSR count). The third-order valence-electron chi connectivity index (χ3n) is 6.77. The van der Waals surface area contributed by atoms with E-state index < -0.39 is 7.12 Å². The Labute approximate surface area is 185 Å². The van der Waals surface area contributed by atoms with E-state index in [0.29, 0.717) is 0 Å². The van der Waals surface area contributed by atoms with Crippen LogP contribution in [0.2, 0.25) is 0 Å². The van der Waals surface area contributed by atoms with Gasteiger partial charge < -0.3 is 9.31 Å². The quantitative estimate of drug-likeness (QED) is 0.363. The fourth-order valence-corrected chi connectivity index (χ4v) is 4.32. The Morgan fingerprint density at radius 3 is 1.71 bits per heavy atom. The summed E-state index contributed by atoms with van der Waals surface area (Å²) in [7, 11) is -0.395. The van der Waals surface area contributed by atoms with Gasteiger partial charge in [0.1, 0.15) is 0 Å². The maximum Gasteiger partial charge on any atom is 0.495 e. The summed E-state index contributed by atoms with van der Waals surface area (Å²) in [5, 5.41) is 2.47.